The van der Waals surface area contributed by atoms with E-state index < -0.39 is 0 Å². The van der Waals surface area contributed by atoms with Crippen molar-refractivity contribution in [1.29, 1.82) is 5.26 Å². The summed E-state index contributed by atoms with van der Waals surface area (Å²) >= 11 is 0. The lowest BCUT2D eigenvalue weighted by Crippen LogP contribution is -2.45. The SMILES string of the molecule is CC1CC(CC#N)(n2cc(-c3ncnc4[nH]ccc34)cn2)C1. The number of H-pyrrole nitrogens is 1. The number of aromatic nitrogens is 5. The predicted octanol–water partition coefficient (Wildman–Crippen LogP) is 2.86. The Morgan fingerprint density at radius 1 is 1.45 bits per heavy atom. The first-order valence-corrected chi connectivity index (χ1v) is 7.42. The van der Waals surface area contributed by atoms with Crippen LogP contribution in [0.4, 0.5) is 0 Å². The first-order valence-electron chi connectivity index (χ1n) is 7.42. The summed E-state index contributed by atoms with van der Waals surface area (Å²) in [5, 5.41) is 14.6. The van der Waals surface area contributed by atoms with Gasteiger partial charge in [0.25, 0.3) is 0 Å². The lowest BCUT2D eigenvalue weighted by molar-refractivity contribution is 0.0682. The number of rotatable bonds is 3. The lowest BCUT2D eigenvalue weighted by atomic mass is 9.67. The monoisotopic (exact) mass is 292 g/mol. The molecule has 3 aromatic heterocycles. The molecule has 1 fully saturated rings. The zero-order chi connectivity index (χ0) is 15.2. The maximum absolute atomic E-state index is 9.14. The van der Waals surface area contributed by atoms with Crippen molar-refractivity contribution < 1.29 is 0 Å². The Morgan fingerprint density at radius 2 is 2.32 bits per heavy atom. The molecule has 3 heterocycles. The van der Waals surface area contributed by atoms with E-state index in [-0.39, 0.29) is 5.54 Å². The first kappa shape index (κ1) is 13.0. The van der Waals surface area contributed by atoms with Crippen LogP contribution in [0.15, 0.2) is 31.0 Å². The fraction of sp³-hybridized carbons (Fsp3) is 0.375. The van der Waals surface area contributed by atoms with Gasteiger partial charge in [-0.25, -0.2) is 9.97 Å². The molecule has 0 radical (unpaired) electrons. The van der Waals surface area contributed by atoms with Gasteiger partial charge < -0.3 is 4.98 Å². The Balaban J connectivity index is 1.76. The van der Waals surface area contributed by atoms with Crippen molar-refractivity contribution in [3.8, 4) is 17.3 Å². The van der Waals surface area contributed by atoms with Crippen LogP contribution in [0.5, 0.6) is 0 Å². The molecule has 3 aromatic rings. The minimum absolute atomic E-state index is 0.142. The molecule has 0 aliphatic heterocycles. The largest absolute Gasteiger partial charge is 0.346 e. The fourth-order valence-electron chi connectivity index (χ4n) is 3.60. The van der Waals surface area contributed by atoms with Gasteiger partial charge in [0.1, 0.15) is 12.0 Å². The average Bonchev–Trinajstić information content (AvgIpc) is 3.14. The Morgan fingerprint density at radius 3 is 3.09 bits per heavy atom. The predicted molar refractivity (Wildman–Crippen MR) is 81.7 cm³/mol. The third kappa shape index (κ3) is 1.82. The van der Waals surface area contributed by atoms with Crippen molar-refractivity contribution in [2.24, 2.45) is 5.92 Å². The Labute approximate surface area is 127 Å². The van der Waals surface area contributed by atoms with Crippen LogP contribution in [0, 0.1) is 17.2 Å². The summed E-state index contributed by atoms with van der Waals surface area (Å²) in [4.78, 5) is 11.7. The number of aromatic amines is 1. The zero-order valence-corrected chi connectivity index (χ0v) is 12.3. The van der Waals surface area contributed by atoms with E-state index in [9.17, 15) is 0 Å². The normalized spacial score (nSPS) is 24.1. The summed E-state index contributed by atoms with van der Waals surface area (Å²) in [6, 6.07) is 4.28. The van der Waals surface area contributed by atoms with E-state index in [2.05, 4.69) is 33.0 Å². The minimum Gasteiger partial charge on any atom is -0.346 e. The maximum Gasteiger partial charge on any atom is 0.141 e. The van der Waals surface area contributed by atoms with Crippen molar-refractivity contribution in [3.63, 3.8) is 0 Å². The molecule has 1 N–H and O–H groups in total. The lowest BCUT2D eigenvalue weighted by Gasteiger charge is -2.45. The molecule has 0 saturated heterocycles. The molecule has 0 amide bonds. The molecule has 110 valence electrons. The number of hydrogen-bond donors (Lipinski definition) is 1. The Kier molecular flexibility index (Phi) is 2.76. The summed E-state index contributed by atoms with van der Waals surface area (Å²) < 4.78 is 1.96. The van der Waals surface area contributed by atoms with E-state index in [1.807, 2.05) is 29.3 Å². The molecule has 1 aliphatic rings. The summed E-state index contributed by atoms with van der Waals surface area (Å²) in [6.45, 7) is 2.22. The molecule has 6 heteroatoms. The highest BCUT2D eigenvalue weighted by Gasteiger charge is 2.44. The van der Waals surface area contributed by atoms with Crippen molar-refractivity contribution >= 4 is 11.0 Å². The second kappa shape index (κ2) is 4.67. The number of nitrogens with one attached hydrogen (secondary N) is 1. The van der Waals surface area contributed by atoms with E-state index >= 15 is 0 Å². The molecular formula is C16H16N6. The highest BCUT2D eigenvalue weighted by Crippen LogP contribution is 2.46. The van der Waals surface area contributed by atoms with Gasteiger partial charge in [-0.15, -0.1) is 0 Å². The highest BCUT2D eigenvalue weighted by molar-refractivity contribution is 5.89. The van der Waals surface area contributed by atoms with Crippen molar-refractivity contribution in [3.05, 3.63) is 31.0 Å². The summed E-state index contributed by atoms with van der Waals surface area (Å²) in [7, 11) is 0. The van der Waals surface area contributed by atoms with Gasteiger partial charge in [0.15, 0.2) is 0 Å². The number of nitrogens with zero attached hydrogens (tertiary/aromatic N) is 5. The van der Waals surface area contributed by atoms with Crippen LogP contribution in [0.25, 0.3) is 22.3 Å². The molecule has 1 aliphatic carbocycles. The van der Waals surface area contributed by atoms with Gasteiger partial charge in [0, 0.05) is 23.3 Å². The first-order chi connectivity index (χ1) is 10.7. The second-order valence-electron chi connectivity index (χ2n) is 6.21. The van der Waals surface area contributed by atoms with Crippen LogP contribution in [0.3, 0.4) is 0 Å². The van der Waals surface area contributed by atoms with Crippen LogP contribution in [-0.2, 0) is 5.54 Å². The number of fused-ring (bicyclic) bond motifs is 1. The Hall–Kier alpha value is -2.68. The molecule has 0 unspecified atom stereocenters. The van der Waals surface area contributed by atoms with Gasteiger partial charge >= 0.3 is 0 Å². The molecule has 4 rings (SSSR count). The van der Waals surface area contributed by atoms with Crippen LogP contribution < -0.4 is 0 Å². The Bertz CT molecular complexity index is 862. The maximum atomic E-state index is 9.14. The molecular weight excluding hydrogens is 276 g/mol. The van der Waals surface area contributed by atoms with E-state index in [0.717, 1.165) is 35.1 Å². The van der Waals surface area contributed by atoms with Gasteiger partial charge in [-0.3, -0.25) is 4.68 Å². The van der Waals surface area contributed by atoms with E-state index in [1.165, 1.54) is 0 Å². The molecule has 0 aromatic carbocycles. The van der Waals surface area contributed by atoms with E-state index in [4.69, 9.17) is 5.26 Å². The van der Waals surface area contributed by atoms with Gasteiger partial charge in [0.2, 0.25) is 0 Å². The smallest absolute Gasteiger partial charge is 0.141 e. The van der Waals surface area contributed by atoms with Crippen molar-refractivity contribution in [1.82, 2.24) is 24.7 Å². The summed E-state index contributed by atoms with van der Waals surface area (Å²) in [5.41, 5.74) is 2.51. The van der Waals surface area contributed by atoms with Crippen LogP contribution in [0.2, 0.25) is 0 Å². The number of nitriles is 1. The molecule has 0 atom stereocenters. The van der Waals surface area contributed by atoms with Crippen LogP contribution in [-0.4, -0.2) is 24.7 Å². The molecule has 1 saturated carbocycles. The van der Waals surface area contributed by atoms with Gasteiger partial charge in [-0.1, -0.05) is 6.92 Å². The third-order valence-electron chi connectivity index (χ3n) is 4.56. The van der Waals surface area contributed by atoms with Crippen LogP contribution >= 0.6 is 0 Å². The van der Waals surface area contributed by atoms with Gasteiger partial charge in [0.05, 0.1) is 29.9 Å². The van der Waals surface area contributed by atoms with E-state index in [0.29, 0.717) is 12.3 Å². The second-order valence-corrected chi connectivity index (χ2v) is 6.21. The van der Waals surface area contributed by atoms with Crippen LogP contribution in [0.1, 0.15) is 26.2 Å². The topological polar surface area (TPSA) is 83.2 Å². The third-order valence-corrected chi connectivity index (χ3v) is 4.56. The standard InChI is InChI=1S/C16H16N6/c1-11-6-16(7-11,3-4-17)22-9-12(8-21-22)14-13-2-5-18-15(13)20-10-19-14/h2,5,8-11H,3,6-7H2,1H3,(H,18,19,20). The summed E-state index contributed by atoms with van der Waals surface area (Å²) in [6.07, 6.45) is 9.77. The molecule has 6 nitrogen and oxygen atoms in total. The van der Waals surface area contributed by atoms with Gasteiger partial charge in [-0.05, 0) is 24.8 Å². The average molecular weight is 292 g/mol. The van der Waals surface area contributed by atoms with Crippen molar-refractivity contribution in [2.75, 3.05) is 0 Å². The molecule has 22 heavy (non-hydrogen) atoms. The van der Waals surface area contributed by atoms with Crippen molar-refractivity contribution in [2.45, 2.75) is 31.7 Å². The summed E-state index contributed by atoms with van der Waals surface area (Å²) in [5.74, 6) is 0.649. The highest BCUT2D eigenvalue weighted by atomic mass is 15.3. The fourth-order valence-corrected chi connectivity index (χ4v) is 3.60. The minimum atomic E-state index is -0.142. The molecule has 0 bridgehead atoms. The number of hydrogen-bond acceptors (Lipinski definition) is 4. The zero-order valence-electron chi connectivity index (χ0n) is 12.3. The quantitative estimate of drug-likeness (QED) is 0.804. The van der Waals surface area contributed by atoms with Gasteiger partial charge in [-0.2, -0.15) is 10.4 Å². The van der Waals surface area contributed by atoms with E-state index in [1.54, 1.807) is 6.33 Å². The molecule has 0 spiro atoms.